The Bertz CT molecular complexity index is 652. The van der Waals surface area contributed by atoms with Gasteiger partial charge in [-0.3, -0.25) is 4.79 Å². The van der Waals surface area contributed by atoms with Crippen LogP contribution in [0.1, 0.15) is 30.0 Å². The number of carbonyl (C=O) groups is 1. The predicted octanol–water partition coefficient (Wildman–Crippen LogP) is 3.98. The lowest BCUT2D eigenvalue weighted by molar-refractivity contribution is -0.130. The smallest absolute Gasteiger partial charge is 0.222 e. The molecule has 0 unspecified atom stereocenters. The lowest BCUT2D eigenvalue weighted by Crippen LogP contribution is -2.26. The summed E-state index contributed by atoms with van der Waals surface area (Å²) in [4.78, 5) is 14.2. The molecule has 0 radical (unpaired) electrons. The SMILES string of the molecule is CCOc1ccccc1CCC(=O)N(C)Cc1ccccc1C. The lowest BCUT2D eigenvalue weighted by atomic mass is 10.1. The highest BCUT2D eigenvalue weighted by Crippen LogP contribution is 2.20. The van der Waals surface area contributed by atoms with Gasteiger partial charge in [-0.1, -0.05) is 42.5 Å². The number of carbonyl (C=O) groups excluding carboxylic acids is 1. The number of rotatable bonds is 7. The third-order valence-corrected chi connectivity index (χ3v) is 3.98. The van der Waals surface area contributed by atoms with E-state index in [1.807, 2.05) is 50.4 Å². The summed E-state index contributed by atoms with van der Waals surface area (Å²) in [5, 5.41) is 0. The quantitative estimate of drug-likeness (QED) is 0.774. The molecule has 23 heavy (non-hydrogen) atoms. The van der Waals surface area contributed by atoms with Gasteiger partial charge in [-0.25, -0.2) is 0 Å². The van der Waals surface area contributed by atoms with Crippen LogP contribution in [0.5, 0.6) is 5.75 Å². The molecule has 0 aromatic heterocycles. The zero-order valence-electron chi connectivity index (χ0n) is 14.2. The molecular formula is C20H25NO2. The first kappa shape index (κ1) is 17.1. The van der Waals surface area contributed by atoms with Crippen LogP contribution in [0.4, 0.5) is 0 Å². The topological polar surface area (TPSA) is 29.5 Å². The van der Waals surface area contributed by atoms with E-state index in [-0.39, 0.29) is 5.91 Å². The number of amides is 1. The van der Waals surface area contributed by atoms with Crippen molar-refractivity contribution in [3.05, 3.63) is 65.2 Å². The summed E-state index contributed by atoms with van der Waals surface area (Å²) in [5.74, 6) is 1.03. The molecule has 0 aliphatic heterocycles. The van der Waals surface area contributed by atoms with E-state index in [1.54, 1.807) is 4.90 Å². The minimum absolute atomic E-state index is 0.152. The molecule has 1 amide bonds. The van der Waals surface area contributed by atoms with Gasteiger partial charge in [0.15, 0.2) is 0 Å². The number of nitrogens with zero attached hydrogens (tertiary/aromatic N) is 1. The number of ether oxygens (including phenoxy) is 1. The molecule has 0 aliphatic rings. The monoisotopic (exact) mass is 311 g/mol. The van der Waals surface area contributed by atoms with Crippen molar-refractivity contribution in [2.75, 3.05) is 13.7 Å². The molecule has 0 atom stereocenters. The molecule has 0 saturated heterocycles. The number of para-hydroxylation sites is 1. The van der Waals surface area contributed by atoms with E-state index in [0.717, 1.165) is 11.3 Å². The van der Waals surface area contributed by atoms with Crippen molar-refractivity contribution < 1.29 is 9.53 Å². The minimum Gasteiger partial charge on any atom is -0.494 e. The van der Waals surface area contributed by atoms with Crippen molar-refractivity contribution >= 4 is 5.91 Å². The lowest BCUT2D eigenvalue weighted by Gasteiger charge is -2.19. The average molecular weight is 311 g/mol. The van der Waals surface area contributed by atoms with Gasteiger partial charge in [-0.2, -0.15) is 0 Å². The molecule has 2 rings (SSSR count). The normalized spacial score (nSPS) is 10.4. The summed E-state index contributed by atoms with van der Waals surface area (Å²) < 4.78 is 5.62. The van der Waals surface area contributed by atoms with Gasteiger partial charge in [-0.15, -0.1) is 0 Å². The predicted molar refractivity (Wildman–Crippen MR) is 93.6 cm³/mol. The standard InChI is InChI=1S/C20H25NO2/c1-4-23-19-12-8-7-10-17(19)13-14-20(22)21(3)15-18-11-6-5-9-16(18)2/h5-12H,4,13-15H2,1-3H3. The van der Waals surface area contributed by atoms with Gasteiger partial charge in [0.05, 0.1) is 6.61 Å². The molecule has 3 heteroatoms. The number of aryl methyl sites for hydroxylation is 2. The molecular weight excluding hydrogens is 286 g/mol. The van der Waals surface area contributed by atoms with Crippen LogP contribution in [0.2, 0.25) is 0 Å². The fourth-order valence-electron chi connectivity index (χ4n) is 2.57. The van der Waals surface area contributed by atoms with Gasteiger partial charge in [-0.05, 0) is 43.0 Å². The van der Waals surface area contributed by atoms with Crippen molar-refractivity contribution in [1.29, 1.82) is 0 Å². The van der Waals surface area contributed by atoms with Gasteiger partial charge >= 0.3 is 0 Å². The van der Waals surface area contributed by atoms with Crippen LogP contribution < -0.4 is 4.74 Å². The van der Waals surface area contributed by atoms with E-state index in [0.29, 0.717) is 26.0 Å². The van der Waals surface area contributed by atoms with Gasteiger partial charge < -0.3 is 9.64 Å². The molecule has 122 valence electrons. The van der Waals surface area contributed by atoms with Gasteiger partial charge in [0.1, 0.15) is 5.75 Å². The number of hydrogen-bond donors (Lipinski definition) is 0. The van der Waals surface area contributed by atoms with Crippen LogP contribution in [0, 0.1) is 6.92 Å². The van der Waals surface area contributed by atoms with Crippen LogP contribution in [0.25, 0.3) is 0 Å². The Morgan fingerprint density at radius 1 is 1.04 bits per heavy atom. The Hall–Kier alpha value is -2.29. The molecule has 0 heterocycles. The second-order valence-corrected chi connectivity index (χ2v) is 5.72. The molecule has 0 aliphatic carbocycles. The average Bonchev–Trinajstić information content (AvgIpc) is 2.56. The van der Waals surface area contributed by atoms with Crippen molar-refractivity contribution in [2.45, 2.75) is 33.2 Å². The summed E-state index contributed by atoms with van der Waals surface area (Å²) in [7, 11) is 1.86. The summed E-state index contributed by atoms with van der Waals surface area (Å²) in [6.45, 7) is 5.33. The molecule has 0 saturated carbocycles. The zero-order valence-corrected chi connectivity index (χ0v) is 14.2. The van der Waals surface area contributed by atoms with E-state index in [4.69, 9.17) is 4.74 Å². The number of hydrogen-bond acceptors (Lipinski definition) is 2. The summed E-state index contributed by atoms with van der Waals surface area (Å²) >= 11 is 0. The van der Waals surface area contributed by atoms with Crippen molar-refractivity contribution in [3.8, 4) is 5.75 Å². The zero-order chi connectivity index (χ0) is 16.7. The highest BCUT2D eigenvalue weighted by Gasteiger charge is 2.12. The van der Waals surface area contributed by atoms with Crippen molar-refractivity contribution in [2.24, 2.45) is 0 Å². The molecule has 2 aromatic carbocycles. The molecule has 0 fully saturated rings. The van der Waals surface area contributed by atoms with Crippen molar-refractivity contribution in [1.82, 2.24) is 4.90 Å². The Morgan fingerprint density at radius 3 is 2.39 bits per heavy atom. The fourth-order valence-corrected chi connectivity index (χ4v) is 2.57. The maximum Gasteiger partial charge on any atom is 0.222 e. The largest absolute Gasteiger partial charge is 0.494 e. The highest BCUT2D eigenvalue weighted by molar-refractivity contribution is 5.76. The van der Waals surface area contributed by atoms with Gasteiger partial charge in [0, 0.05) is 20.0 Å². The molecule has 2 aromatic rings. The van der Waals surface area contributed by atoms with Crippen LogP contribution in [-0.2, 0) is 17.8 Å². The Morgan fingerprint density at radius 2 is 1.70 bits per heavy atom. The third kappa shape index (κ3) is 4.85. The highest BCUT2D eigenvalue weighted by atomic mass is 16.5. The summed E-state index contributed by atoms with van der Waals surface area (Å²) in [6, 6.07) is 16.1. The first-order valence-electron chi connectivity index (χ1n) is 8.11. The van der Waals surface area contributed by atoms with E-state index in [9.17, 15) is 4.79 Å². The van der Waals surface area contributed by atoms with E-state index in [1.165, 1.54) is 11.1 Å². The van der Waals surface area contributed by atoms with Crippen LogP contribution in [0.3, 0.4) is 0 Å². The second kappa shape index (κ2) is 8.37. The minimum atomic E-state index is 0.152. The number of benzene rings is 2. The van der Waals surface area contributed by atoms with E-state index < -0.39 is 0 Å². The summed E-state index contributed by atoms with van der Waals surface area (Å²) in [6.07, 6.45) is 1.19. The van der Waals surface area contributed by atoms with E-state index >= 15 is 0 Å². The van der Waals surface area contributed by atoms with Crippen molar-refractivity contribution in [3.63, 3.8) is 0 Å². The third-order valence-electron chi connectivity index (χ3n) is 3.98. The van der Waals surface area contributed by atoms with Crippen LogP contribution in [-0.4, -0.2) is 24.5 Å². The maximum absolute atomic E-state index is 12.4. The maximum atomic E-state index is 12.4. The molecule has 3 nitrogen and oxygen atoms in total. The summed E-state index contributed by atoms with van der Waals surface area (Å²) in [5.41, 5.74) is 3.50. The molecule has 0 bridgehead atoms. The molecule has 0 N–H and O–H groups in total. The van der Waals surface area contributed by atoms with Gasteiger partial charge in [0.2, 0.25) is 5.91 Å². The Labute approximate surface area is 138 Å². The Kier molecular flexibility index (Phi) is 6.21. The van der Waals surface area contributed by atoms with Gasteiger partial charge in [0.25, 0.3) is 0 Å². The molecule has 0 spiro atoms. The van der Waals surface area contributed by atoms with E-state index in [2.05, 4.69) is 19.1 Å². The Balaban J connectivity index is 1.93. The van der Waals surface area contributed by atoms with Crippen LogP contribution >= 0.6 is 0 Å². The van der Waals surface area contributed by atoms with Crippen LogP contribution in [0.15, 0.2) is 48.5 Å². The first-order chi connectivity index (χ1) is 11.1. The second-order valence-electron chi connectivity index (χ2n) is 5.72. The fraction of sp³-hybridized carbons (Fsp3) is 0.350. The first-order valence-corrected chi connectivity index (χ1v) is 8.11.